The molecule has 0 N–H and O–H groups in total. The molecular weight excluding hydrogens is 370 g/mol. The lowest BCUT2D eigenvalue weighted by atomic mass is 9.79. The third-order valence-corrected chi connectivity index (χ3v) is 6.13. The van der Waals surface area contributed by atoms with Gasteiger partial charge in [-0.2, -0.15) is 0 Å². The Hall–Kier alpha value is -2.71. The monoisotopic (exact) mass is 394 g/mol. The molecule has 5 heteroatoms. The summed E-state index contributed by atoms with van der Waals surface area (Å²) >= 11 is 0. The Morgan fingerprint density at radius 2 is 1.93 bits per heavy atom. The minimum absolute atomic E-state index is 0.0247. The zero-order chi connectivity index (χ0) is 20.4. The van der Waals surface area contributed by atoms with E-state index >= 15 is 0 Å². The summed E-state index contributed by atoms with van der Waals surface area (Å²) in [5.41, 5.74) is 2.18. The van der Waals surface area contributed by atoms with Crippen LogP contribution in [-0.2, 0) is 6.54 Å². The maximum absolute atomic E-state index is 13.5. The maximum Gasteiger partial charge on any atom is 0.253 e. The molecule has 4 rings (SSSR count). The molecule has 2 aliphatic heterocycles. The average Bonchev–Trinajstić information content (AvgIpc) is 3.13. The highest BCUT2D eigenvalue weighted by Crippen LogP contribution is 2.39. The fourth-order valence-electron chi connectivity index (χ4n) is 4.71. The number of amides is 1. The molecule has 1 unspecified atom stereocenters. The van der Waals surface area contributed by atoms with Gasteiger partial charge >= 0.3 is 0 Å². The number of likely N-dealkylation sites (tertiary alicyclic amines) is 2. The van der Waals surface area contributed by atoms with Crippen molar-refractivity contribution in [3.05, 3.63) is 70.8 Å². The molecule has 1 spiro atoms. The second-order valence-electron chi connectivity index (χ2n) is 8.26. The van der Waals surface area contributed by atoms with Crippen molar-refractivity contribution in [3.8, 4) is 12.3 Å². The minimum Gasteiger partial charge on any atom is -0.338 e. The number of terminal acetylenes is 1. The number of benzene rings is 2. The van der Waals surface area contributed by atoms with E-state index in [2.05, 4.69) is 10.8 Å². The van der Waals surface area contributed by atoms with Crippen LogP contribution in [0.25, 0.3) is 0 Å². The number of hydrogen-bond acceptors (Lipinski definition) is 2. The van der Waals surface area contributed by atoms with Crippen LogP contribution in [0.3, 0.4) is 0 Å². The van der Waals surface area contributed by atoms with E-state index in [4.69, 9.17) is 6.42 Å². The predicted octanol–water partition coefficient (Wildman–Crippen LogP) is 4.07. The van der Waals surface area contributed by atoms with Gasteiger partial charge in [0, 0.05) is 42.7 Å². The van der Waals surface area contributed by atoms with E-state index in [1.807, 2.05) is 23.1 Å². The highest BCUT2D eigenvalue weighted by molar-refractivity contribution is 5.94. The Kier molecular flexibility index (Phi) is 5.38. The smallest absolute Gasteiger partial charge is 0.253 e. The van der Waals surface area contributed by atoms with Crippen LogP contribution in [0.2, 0.25) is 0 Å². The van der Waals surface area contributed by atoms with Crippen LogP contribution in [0.15, 0.2) is 42.5 Å². The number of nitrogens with zero attached hydrogens (tertiary/aromatic N) is 2. The second kappa shape index (κ2) is 7.96. The largest absolute Gasteiger partial charge is 0.338 e. The first-order chi connectivity index (χ1) is 14.0. The third kappa shape index (κ3) is 4.18. The molecule has 150 valence electrons. The van der Waals surface area contributed by atoms with E-state index in [9.17, 15) is 13.6 Å². The molecule has 0 aliphatic carbocycles. The molecule has 3 nitrogen and oxygen atoms in total. The minimum atomic E-state index is -0.817. The number of rotatable bonds is 3. The number of halogens is 2. The van der Waals surface area contributed by atoms with Crippen LogP contribution in [0.4, 0.5) is 8.78 Å². The molecule has 2 aromatic rings. The van der Waals surface area contributed by atoms with Crippen molar-refractivity contribution >= 4 is 5.91 Å². The Balaban J connectivity index is 1.43. The molecule has 2 aliphatic rings. The summed E-state index contributed by atoms with van der Waals surface area (Å²) in [6.07, 6.45) is 8.53. The van der Waals surface area contributed by atoms with Crippen LogP contribution in [0, 0.1) is 29.4 Å². The molecule has 2 aromatic carbocycles. The molecule has 1 amide bonds. The summed E-state index contributed by atoms with van der Waals surface area (Å²) in [6.45, 7) is 3.84. The Morgan fingerprint density at radius 3 is 2.72 bits per heavy atom. The van der Waals surface area contributed by atoms with Gasteiger partial charge in [-0.15, -0.1) is 6.42 Å². The van der Waals surface area contributed by atoms with Crippen molar-refractivity contribution in [2.24, 2.45) is 5.41 Å². The fraction of sp³-hybridized carbons (Fsp3) is 0.375. The first-order valence-corrected chi connectivity index (χ1v) is 10.0. The van der Waals surface area contributed by atoms with Crippen LogP contribution in [0.5, 0.6) is 0 Å². The van der Waals surface area contributed by atoms with E-state index in [0.29, 0.717) is 17.7 Å². The van der Waals surface area contributed by atoms with E-state index < -0.39 is 11.6 Å². The zero-order valence-electron chi connectivity index (χ0n) is 16.3. The van der Waals surface area contributed by atoms with Gasteiger partial charge in [-0.3, -0.25) is 9.69 Å². The van der Waals surface area contributed by atoms with Crippen LogP contribution < -0.4 is 0 Å². The second-order valence-corrected chi connectivity index (χ2v) is 8.26. The van der Waals surface area contributed by atoms with E-state index in [-0.39, 0.29) is 11.3 Å². The molecule has 2 heterocycles. The molecule has 0 radical (unpaired) electrons. The van der Waals surface area contributed by atoms with Crippen molar-refractivity contribution in [3.63, 3.8) is 0 Å². The summed E-state index contributed by atoms with van der Waals surface area (Å²) in [7, 11) is 0. The molecule has 2 saturated heterocycles. The SMILES string of the molecule is C#Cc1cccc(C(=O)N2CCC3(CCCN(Cc4ccc(F)c(F)c4)C3)C2)c1. The topological polar surface area (TPSA) is 23.6 Å². The number of carbonyl (C=O) groups excluding carboxylic acids is 1. The number of hydrogen-bond donors (Lipinski definition) is 0. The molecule has 0 bridgehead atoms. The van der Waals surface area contributed by atoms with Gasteiger partial charge in [0.2, 0.25) is 0 Å². The van der Waals surface area contributed by atoms with E-state index in [1.54, 1.807) is 12.1 Å². The van der Waals surface area contributed by atoms with Crippen molar-refractivity contribution in [2.45, 2.75) is 25.8 Å². The molecular formula is C24H24F2N2O. The molecule has 29 heavy (non-hydrogen) atoms. The van der Waals surface area contributed by atoms with Gasteiger partial charge in [0.25, 0.3) is 5.91 Å². The molecule has 0 aromatic heterocycles. The van der Waals surface area contributed by atoms with Gasteiger partial charge in [0.05, 0.1) is 0 Å². The van der Waals surface area contributed by atoms with Gasteiger partial charge in [-0.05, 0) is 61.7 Å². The molecule has 0 saturated carbocycles. The average molecular weight is 394 g/mol. The van der Waals surface area contributed by atoms with E-state index in [1.165, 1.54) is 12.1 Å². The first kappa shape index (κ1) is 19.6. The van der Waals surface area contributed by atoms with Crippen molar-refractivity contribution in [1.29, 1.82) is 0 Å². The van der Waals surface area contributed by atoms with Crippen LogP contribution >= 0.6 is 0 Å². The normalized spacial score (nSPS) is 22.0. The third-order valence-electron chi connectivity index (χ3n) is 6.13. The lowest BCUT2D eigenvalue weighted by molar-refractivity contribution is 0.0675. The summed E-state index contributed by atoms with van der Waals surface area (Å²) in [6, 6.07) is 11.3. The quantitative estimate of drug-likeness (QED) is 0.733. The molecule has 1 atom stereocenters. The highest BCUT2D eigenvalue weighted by Gasteiger charge is 2.42. The Bertz CT molecular complexity index is 968. The lowest BCUT2D eigenvalue weighted by Gasteiger charge is -2.40. The number of piperidine rings is 1. The maximum atomic E-state index is 13.5. The Labute approximate surface area is 170 Å². The summed E-state index contributed by atoms with van der Waals surface area (Å²) < 4.78 is 26.7. The van der Waals surface area contributed by atoms with Gasteiger partial charge in [0.15, 0.2) is 11.6 Å². The van der Waals surface area contributed by atoms with E-state index in [0.717, 1.165) is 51.0 Å². The van der Waals surface area contributed by atoms with Gasteiger partial charge in [-0.1, -0.05) is 18.1 Å². The van der Waals surface area contributed by atoms with Crippen LogP contribution in [0.1, 0.15) is 40.7 Å². The first-order valence-electron chi connectivity index (χ1n) is 10.0. The lowest BCUT2D eigenvalue weighted by Crippen LogP contribution is -2.45. The van der Waals surface area contributed by atoms with Crippen molar-refractivity contribution in [2.75, 3.05) is 26.2 Å². The van der Waals surface area contributed by atoms with Crippen LogP contribution in [-0.4, -0.2) is 41.9 Å². The predicted molar refractivity (Wildman–Crippen MR) is 108 cm³/mol. The highest BCUT2D eigenvalue weighted by atomic mass is 19.2. The summed E-state index contributed by atoms with van der Waals surface area (Å²) in [5.74, 6) is 0.982. The fourth-order valence-corrected chi connectivity index (χ4v) is 4.71. The molecule has 2 fully saturated rings. The zero-order valence-corrected chi connectivity index (χ0v) is 16.3. The summed E-state index contributed by atoms with van der Waals surface area (Å²) in [4.78, 5) is 17.2. The standard InChI is InChI=1S/C24H24F2N2O/c1-2-18-5-3-6-20(13-18)23(29)28-12-10-24(17-28)9-4-11-27(16-24)15-19-7-8-21(25)22(26)14-19/h1,3,5-8,13-14H,4,9-12,15-17H2. The number of carbonyl (C=O) groups is 1. The Morgan fingerprint density at radius 1 is 1.07 bits per heavy atom. The van der Waals surface area contributed by atoms with Crippen molar-refractivity contribution in [1.82, 2.24) is 9.80 Å². The van der Waals surface area contributed by atoms with Gasteiger partial charge in [-0.25, -0.2) is 8.78 Å². The van der Waals surface area contributed by atoms with Gasteiger partial charge < -0.3 is 4.90 Å². The van der Waals surface area contributed by atoms with Crippen molar-refractivity contribution < 1.29 is 13.6 Å². The summed E-state index contributed by atoms with van der Waals surface area (Å²) in [5, 5.41) is 0. The van der Waals surface area contributed by atoms with Gasteiger partial charge in [0.1, 0.15) is 0 Å².